The van der Waals surface area contributed by atoms with Gasteiger partial charge in [0.25, 0.3) is 11.8 Å². The van der Waals surface area contributed by atoms with Crippen LogP contribution in [-0.2, 0) is 4.79 Å². The van der Waals surface area contributed by atoms with Crippen LogP contribution < -0.4 is 10.1 Å². The van der Waals surface area contributed by atoms with Gasteiger partial charge >= 0.3 is 0 Å². The maximum absolute atomic E-state index is 12.9. The molecule has 1 aliphatic heterocycles. The summed E-state index contributed by atoms with van der Waals surface area (Å²) in [5.41, 5.74) is 3.87. The first-order valence-electron chi connectivity index (χ1n) is 13.1. The van der Waals surface area contributed by atoms with Crippen molar-refractivity contribution in [2.24, 2.45) is 0 Å². The minimum Gasteiger partial charge on any atom is -0.484 e. The topological polar surface area (TPSA) is 71.5 Å². The predicted molar refractivity (Wildman–Crippen MR) is 152 cm³/mol. The number of ether oxygens (including phenoxy) is 1. The van der Waals surface area contributed by atoms with Crippen LogP contribution in [0.3, 0.4) is 0 Å². The molecule has 0 spiro atoms. The molecule has 0 bridgehead atoms. The van der Waals surface area contributed by atoms with E-state index in [0.717, 1.165) is 40.1 Å². The third-order valence-corrected chi connectivity index (χ3v) is 8.42. The highest BCUT2D eigenvalue weighted by Crippen LogP contribution is 2.31. The number of amides is 2. The van der Waals surface area contributed by atoms with E-state index in [1.54, 1.807) is 0 Å². The summed E-state index contributed by atoms with van der Waals surface area (Å²) in [4.78, 5) is 32.1. The smallest absolute Gasteiger partial charge is 0.271 e. The van der Waals surface area contributed by atoms with Gasteiger partial charge in [-0.2, -0.15) is 0 Å². The van der Waals surface area contributed by atoms with Gasteiger partial charge in [0.15, 0.2) is 6.61 Å². The lowest BCUT2D eigenvalue weighted by Crippen LogP contribution is -2.40. The second-order valence-electron chi connectivity index (χ2n) is 10.1. The van der Waals surface area contributed by atoms with Gasteiger partial charge in [0, 0.05) is 24.4 Å². The number of aryl methyl sites for hydroxylation is 2. The van der Waals surface area contributed by atoms with E-state index in [0.29, 0.717) is 18.8 Å². The molecule has 38 heavy (non-hydrogen) atoms. The first-order valence-corrected chi connectivity index (χ1v) is 14.0. The van der Waals surface area contributed by atoms with E-state index >= 15 is 0 Å². The van der Waals surface area contributed by atoms with Crippen LogP contribution in [0.15, 0.2) is 66.0 Å². The zero-order chi connectivity index (χ0) is 26.6. The van der Waals surface area contributed by atoms with Crippen LogP contribution in [-0.4, -0.2) is 41.4 Å². The molecule has 2 amide bonds. The highest BCUT2D eigenvalue weighted by molar-refractivity contribution is 7.09. The number of likely N-dealkylation sites (tertiary alicyclic amines) is 1. The van der Waals surface area contributed by atoms with Crippen LogP contribution in [0.4, 0.5) is 0 Å². The van der Waals surface area contributed by atoms with Crippen molar-refractivity contribution in [1.29, 1.82) is 0 Å². The van der Waals surface area contributed by atoms with Gasteiger partial charge in [0.1, 0.15) is 11.4 Å². The molecule has 3 aromatic carbocycles. The lowest BCUT2D eigenvalue weighted by atomic mass is 9.97. The van der Waals surface area contributed by atoms with Gasteiger partial charge in [-0.05, 0) is 79.3 Å². The number of benzene rings is 3. The Bertz CT molecular complexity index is 1460. The number of rotatable bonds is 7. The molecule has 1 aromatic heterocycles. The van der Waals surface area contributed by atoms with Gasteiger partial charge in [-0.1, -0.05) is 42.5 Å². The normalized spacial score (nSPS) is 14.9. The van der Waals surface area contributed by atoms with Crippen molar-refractivity contribution < 1.29 is 14.3 Å². The van der Waals surface area contributed by atoms with Crippen LogP contribution in [0, 0.1) is 13.8 Å². The van der Waals surface area contributed by atoms with Gasteiger partial charge in [-0.3, -0.25) is 9.59 Å². The molecule has 1 aliphatic rings. The third-order valence-electron chi connectivity index (χ3n) is 7.41. The summed E-state index contributed by atoms with van der Waals surface area (Å²) in [6.45, 7) is 7.46. The molecule has 4 aromatic rings. The maximum atomic E-state index is 12.9. The Morgan fingerprint density at radius 3 is 2.55 bits per heavy atom. The number of hydrogen-bond donors (Lipinski definition) is 1. The Kier molecular flexibility index (Phi) is 7.74. The van der Waals surface area contributed by atoms with Gasteiger partial charge in [0.2, 0.25) is 0 Å². The van der Waals surface area contributed by atoms with Crippen molar-refractivity contribution in [3.05, 3.63) is 93.4 Å². The average Bonchev–Trinajstić information content (AvgIpc) is 3.44. The molecule has 1 unspecified atom stereocenters. The molecule has 0 radical (unpaired) electrons. The van der Waals surface area contributed by atoms with Crippen molar-refractivity contribution in [2.75, 3.05) is 19.7 Å². The summed E-state index contributed by atoms with van der Waals surface area (Å²) >= 11 is 1.53. The first-order chi connectivity index (χ1) is 18.4. The zero-order valence-corrected chi connectivity index (χ0v) is 22.9. The number of piperidine rings is 1. The largest absolute Gasteiger partial charge is 0.484 e. The number of thiazole rings is 1. The maximum Gasteiger partial charge on any atom is 0.271 e. The van der Waals surface area contributed by atoms with E-state index in [1.165, 1.54) is 22.3 Å². The zero-order valence-electron chi connectivity index (χ0n) is 22.1. The Morgan fingerprint density at radius 1 is 1.03 bits per heavy atom. The highest BCUT2D eigenvalue weighted by atomic mass is 32.1. The number of fused-ring (bicyclic) bond motifs is 1. The van der Waals surface area contributed by atoms with Gasteiger partial charge in [-0.25, -0.2) is 4.98 Å². The number of carbonyl (C=O) groups excluding carboxylic acids is 2. The molecule has 2 heterocycles. The summed E-state index contributed by atoms with van der Waals surface area (Å²) in [5, 5.41) is 8.23. The number of carbonyl (C=O) groups is 2. The molecule has 1 fully saturated rings. The van der Waals surface area contributed by atoms with E-state index in [-0.39, 0.29) is 30.4 Å². The molecular weight excluding hydrogens is 494 g/mol. The summed E-state index contributed by atoms with van der Waals surface area (Å²) in [5.74, 6) is 0.817. The Labute approximate surface area is 227 Å². The molecule has 0 aliphatic carbocycles. The van der Waals surface area contributed by atoms with Crippen molar-refractivity contribution in [3.63, 3.8) is 0 Å². The Hall–Kier alpha value is -3.71. The summed E-state index contributed by atoms with van der Waals surface area (Å²) < 4.78 is 5.74. The molecule has 7 heteroatoms. The van der Waals surface area contributed by atoms with E-state index in [9.17, 15) is 9.59 Å². The van der Waals surface area contributed by atoms with Crippen LogP contribution >= 0.6 is 11.3 Å². The van der Waals surface area contributed by atoms with Gasteiger partial charge in [-0.15, -0.1) is 11.3 Å². The van der Waals surface area contributed by atoms with Crippen molar-refractivity contribution in [2.45, 2.75) is 45.6 Å². The fourth-order valence-electron chi connectivity index (χ4n) is 4.83. The fourth-order valence-corrected chi connectivity index (χ4v) is 5.80. The Morgan fingerprint density at radius 2 is 1.79 bits per heavy atom. The number of nitrogens with zero attached hydrogens (tertiary/aromatic N) is 2. The van der Waals surface area contributed by atoms with Gasteiger partial charge < -0.3 is 15.0 Å². The van der Waals surface area contributed by atoms with E-state index in [4.69, 9.17) is 4.74 Å². The van der Waals surface area contributed by atoms with Gasteiger partial charge in [0.05, 0.1) is 11.0 Å². The summed E-state index contributed by atoms with van der Waals surface area (Å²) in [7, 11) is 0. The second kappa shape index (κ2) is 11.4. The lowest BCUT2D eigenvalue weighted by molar-refractivity contribution is -0.134. The standard InChI is InChI=1S/C31H33N3O3S/c1-20-8-11-27(16-21(20)2)37-18-29(35)34-14-12-24(13-15-34)31-33-28(19-38-31)30(36)32-22(3)25-10-9-23-6-4-5-7-26(23)17-25/h4-11,16-17,19,22,24H,12-15,18H2,1-3H3,(H,32,36). The van der Waals surface area contributed by atoms with Crippen LogP contribution in [0.5, 0.6) is 5.75 Å². The van der Waals surface area contributed by atoms with E-state index in [2.05, 4.69) is 47.6 Å². The molecular formula is C31H33N3O3S. The number of hydrogen-bond acceptors (Lipinski definition) is 5. The van der Waals surface area contributed by atoms with E-state index in [1.807, 2.05) is 54.5 Å². The summed E-state index contributed by atoms with van der Waals surface area (Å²) in [6.07, 6.45) is 1.66. The highest BCUT2D eigenvalue weighted by Gasteiger charge is 2.27. The average molecular weight is 528 g/mol. The van der Waals surface area contributed by atoms with E-state index < -0.39 is 0 Å². The minimum atomic E-state index is -0.163. The molecule has 1 saturated heterocycles. The molecule has 1 N–H and O–H groups in total. The number of nitrogens with one attached hydrogen (secondary N) is 1. The van der Waals surface area contributed by atoms with Crippen LogP contribution in [0.25, 0.3) is 10.8 Å². The SMILES string of the molecule is Cc1ccc(OCC(=O)N2CCC(c3nc(C(=O)NC(C)c4ccc5ccccc5c4)cs3)CC2)cc1C. The van der Waals surface area contributed by atoms with Crippen LogP contribution in [0.1, 0.15) is 63.9 Å². The van der Waals surface area contributed by atoms with Crippen molar-refractivity contribution in [1.82, 2.24) is 15.2 Å². The van der Waals surface area contributed by atoms with Crippen molar-refractivity contribution >= 4 is 33.9 Å². The Balaban J connectivity index is 1.12. The number of aromatic nitrogens is 1. The molecule has 6 nitrogen and oxygen atoms in total. The summed E-state index contributed by atoms with van der Waals surface area (Å²) in [6, 6.07) is 20.2. The predicted octanol–water partition coefficient (Wildman–Crippen LogP) is 6.19. The monoisotopic (exact) mass is 527 g/mol. The minimum absolute atomic E-state index is 0.00330. The molecule has 1 atom stereocenters. The molecule has 5 rings (SSSR count). The third kappa shape index (κ3) is 5.89. The first kappa shape index (κ1) is 25.9. The second-order valence-corrected chi connectivity index (χ2v) is 11.0. The van der Waals surface area contributed by atoms with Crippen LogP contribution in [0.2, 0.25) is 0 Å². The lowest BCUT2D eigenvalue weighted by Gasteiger charge is -2.31. The molecule has 0 saturated carbocycles. The fraction of sp³-hybridized carbons (Fsp3) is 0.323. The quantitative estimate of drug-likeness (QED) is 0.311. The molecule has 196 valence electrons. The van der Waals surface area contributed by atoms with Crippen molar-refractivity contribution in [3.8, 4) is 5.75 Å².